The Morgan fingerprint density at radius 3 is 2.57 bits per heavy atom. The zero-order valence-electron chi connectivity index (χ0n) is 15.3. The van der Waals surface area contributed by atoms with E-state index in [9.17, 15) is 4.79 Å². The molecule has 1 fully saturated rings. The molecule has 0 atom stereocenters. The first-order valence-electron chi connectivity index (χ1n) is 9.12. The Hall–Kier alpha value is -2.99. The highest BCUT2D eigenvalue weighted by molar-refractivity contribution is 6.32. The highest BCUT2D eigenvalue weighted by Gasteiger charge is 2.24. The van der Waals surface area contributed by atoms with Crippen molar-refractivity contribution in [1.29, 1.82) is 0 Å². The van der Waals surface area contributed by atoms with Gasteiger partial charge in [0.2, 0.25) is 0 Å². The largest absolute Gasteiger partial charge is 0.484 e. The number of piperazine rings is 1. The van der Waals surface area contributed by atoms with Gasteiger partial charge >= 0.3 is 0 Å². The van der Waals surface area contributed by atoms with Crippen molar-refractivity contribution >= 4 is 23.3 Å². The van der Waals surface area contributed by atoms with E-state index in [1.165, 1.54) is 0 Å². The molecule has 0 bridgehead atoms. The number of hydrogen-bond donors (Lipinski definition) is 0. The van der Waals surface area contributed by atoms with Crippen LogP contribution in [0.3, 0.4) is 0 Å². The second-order valence-electron chi connectivity index (χ2n) is 6.45. The smallest absolute Gasteiger partial charge is 0.289 e. The second-order valence-corrected chi connectivity index (χ2v) is 6.86. The van der Waals surface area contributed by atoms with Crippen LogP contribution in [0.2, 0.25) is 5.02 Å². The molecule has 0 unspecified atom stereocenters. The fraction of sp³-hybridized carbons (Fsp3) is 0.238. The van der Waals surface area contributed by atoms with Crippen LogP contribution in [0.1, 0.15) is 16.3 Å². The molecule has 3 aromatic rings. The lowest BCUT2D eigenvalue weighted by atomic mass is 10.2. The molecule has 1 amide bonds. The molecule has 6 nitrogen and oxygen atoms in total. The van der Waals surface area contributed by atoms with Gasteiger partial charge in [-0.25, -0.2) is 4.98 Å². The number of halogens is 1. The highest BCUT2D eigenvalue weighted by atomic mass is 35.5. The lowest BCUT2D eigenvalue weighted by Gasteiger charge is -2.34. The average Bonchev–Trinajstić information content (AvgIpc) is 3.22. The summed E-state index contributed by atoms with van der Waals surface area (Å²) in [7, 11) is 0. The van der Waals surface area contributed by atoms with Crippen LogP contribution in [-0.4, -0.2) is 42.0 Å². The van der Waals surface area contributed by atoms with Gasteiger partial charge in [0.25, 0.3) is 5.91 Å². The fourth-order valence-electron chi connectivity index (χ4n) is 3.12. The van der Waals surface area contributed by atoms with E-state index in [0.29, 0.717) is 35.4 Å². The van der Waals surface area contributed by atoms with E-state index in [2.05, 4.69) is 9.88 Å². The maximum absolute atomic E-state index is 12.7. The van der Waals surface area contributed by atoms with E-state index in [4.69, 9.17) is 20.8 Å². The predicted molar refractivity (Wildman–Crippen MR) is 107 cm³/mol. The Kier molecular flexibility index (Phi) is 5.48. The summed E-state index contributed by atoms with van der Waals surface area (Å²) < 4.78 is 11.3. The van der Waals surface area contributed by atoms with Gasteiger partial charge in [-0.1, -0.05) is 29.8 Å². The summed E-state index contributed by atoms with van der Waals surface area (Å²) in [5, 5.41) is 0.538. The van der Waals surface area contributed by atoms with Crippen LogP contribution in [0, 0.1) is 0 Å². The van der Waals surface area contributed by atoms with Crippen LogP contribution >= 0.6 is 11.6 Å². The van der Waals surface area contributed by atoms with Crippen molar-refractivity contribution in [3.63, 3.8) is 0 Å². The monoisotopic (exact) mass is 397 g/mol. The van der Waals surface area contributed by atoms with Crippen molar-refractivity contribution in [1.82, 2.24) is 9.88 Å². The number of para-hydroxylation sites is 1. The number of carbonyl (C=O) groups is 1. The average molecular weight is 398 g/mol. The van der Waals surface area contributed by atoms with E-state index in [1.54, 1.807) is 35.4 Å². The molecule has 3 heterocycles. The number of amides is 1. The molecule has 4 rings (SSSR count). The van der Waals surface area contributed by atoms with Crippen LogP contribution in [-0.2, 0) is 6.61 Å². The number of carbonyl (C=O) groups excluding carboxylic acids is 1. The lowest BCUT2D eigenvalue weighted by molar-refractivity contribution is 0.0710. The van der Waals surface area contributed by atoms with E-state index < -0.39 is 0 Å². The van der Waals surface area contributed by atoms with Gasteiger partial charge in [-0.15, -0.1) is 0 Å². The number of furan rings is 1. The van der Waals surface area contributed by atoms with E-state index >= 15 is 0 Å². The van der Waals surface area contributed by atoms with Crippen LogP contribution < -0.4 is 9.64 Å². The molecule has 0 N–H and O–H groups in total. The Morgan fingerprint density at radius 2 is 1.82 bits per heavy atom. The van der Waals surface area contributed by atoms with Gasteiger partial charge in [-0.2, -0.15) is 0 Å². The number of ether oxygens (including phenoxy) is 1. The third-order valence-corrected chi connectivity index (χ3v) is 4.93. The maximum Gasteiger partial charge on any atom is 0.289 e. The molecule has 144 valence electrons. The topological polar surface area (TPSA) is 58.8 Å². The molecule has 1 aliphatic rings. The van der Waals surface area contributed by atoms with Crippen molar-refractivity contribution in [2.75, 3.05) is 31.1 Å². The lowest BCUT2D eigenvalue weighted by Crippen LogP contribution is -2.49. The molecule has 7 heteroatoms. The highest BCUT2D eigenvalue weighted by Crippen LogP contribution is 2.24. The zero-order chi connectivity index (χ0) is 19.3. The van der Waals surface area contributed by atoms with Crippen LogP contribution in [0.15, 0.2) is 65.2 Å². The first kappa shape index (κ1) is 18.4. The SMILES string of the molecule is O=C(c1ccc(COc2ccccc2Cl)o1)N1CCN(c2ccccn2)CC1. The first-order valence-corrected chi connectivity index (χ1v) is 9.50. The zero-order valence-corrected chi connectivity index (χ0v) is 16.0. The number of aromatic nitrogens is 1. The Balaban J connectivity index is 1.33. The van der Waals surface area contributed by atoms with Gasteiger partial charge in [-0.05, 0) is 36.4 Å². The molecule has 0 aliphatic carbocycles. The van der Waals surface area contributed by atoms with Gasteiger partial charge in [0.05, 0.1) is 5.02 Å². The quantitative estimate of drug-likeness (QED) is 0.654. The van der Waals surface area contributed by atoms with E-state index in [-0.39, 0.29) is 12.5 Å². The Bertz CT molecular complexity index is 937. The van der Waals surface area contributed by atoms with Crippen molar-refractivity contribution in [3.05, 3.63) is 77.3 Å². The first-order chi connectivity index (χ1) is 13.7. The van der Waals surface area contributed by atoms with E-state index in [1.807, 2.05) is 30.3 Å². The Morgan fingerprint density at radius 1 is 1.04 bits per heavy atom. The summed E-state index contributed by atoms with van der Waals surface area (Å²) in [5.41, 5.74) is 0. The predicted octanol–water partition coefficient (Wildman–Crippen LogP) is 3.87. The maximum atomic E-state index is 12.7. The number of benzene rings is 1. The van der Waals surface area contributed by atoms with Crippen LogP contribution in [0.5, 0.6) is 5.75 Å². The third kappa shape index (κ3) is 4.12. The van der Waals surface area contributed by atoms with Crippen LogP contribution in [0.25, 0.3) is 0 Å². The van der Waals surface area contributed by atoms with Crippen molar-refractivity contribution in [2.45, 2.75) is 6.61 Å². The van der Waals surface area contributed by atoms with Crippen LogP contribution in [0.4, 0.5) is 5.82 Å². The summed E-state index contributed by atoms with van der Waals surface area (Å²) in [5.74, 6) is 2.31. The molecular weight excluding hydrogens is 378 g/mol. The number of hydrogen-bond acceptors (Lipinski definition) is 5. The minimum absolute atomic E-state index is 0.107. The molecule has 28 heavy (non-hydrogen) atoms. The standard InChI is InChI=1S/C21H20ClN3O3/c22-17-5-1-2-6-18(17)27-15-16-8-9-19(28-16)21(26)25-13-11-24(12-14-25)20-7-3-4-10-23-20/h1-10H,11-15H2. The molecule has 2 aromatic heterocycles. The molecular formula is C21H20ClN3O3. The summed E-state index contributed by atoms with van der Waals surface area (Å²) in [4.78, 5) is 21.1. The summed E-state index contributed by atoms with van der Waals surface area (Å²) >= 11 is 6.08. The van der Waals surface area contributed by atoms with Gasteiger partial charge in [-0.3, -0.25) is 4.79 Å². The summed E-state index contributed by atoms with van der Waals surface area (Å²) in [6.45, 7) is 2.95. The fourth-order valence-corrected chi connectivity index (χ4v) is 3.31. The van der Waals surface area contributed by atoms with Crippen molar-refractivity contribution in [2.24, 2.45) is 0 Å². The molecule has 0 radical (unpaired) electrons. The summed E-state index contributed by atoms with van der Waals surface area (Å²) in [6.07, 6.45) is 1.78. The molecule has 1 aliphatic heterocycles. The van der Waals surface area contributed by atoms with Gasteiger partial charge in [0.1, 0.15) is 23.9 Å². The molecule has 1 saturated heterocycles. The number of anilines is 1. The van der Waals surface area contributed by atoms with Crippen molar-refractivity contribution < 1.29 is 13.9 Å². The van der Waals surface area contributed by atoms with E-state index in [0.717, 1.165) is 18.9 Å². The third-order valence-electron chi connectivity index (χ3n) is 4.62. The van der Waals surface area contributed by atoms with Gasteiger partial charge in [0.15, 0.2) is 5.76 Å². The molecule has 0 saturated carbocycles. The minimum atomic E-state index is -0.107. The Labute approximate surface area is 168 Å². The van der Waals surface area contributed by atoms with Gasteiger partial charge in [0, 0.05) is 32.4 Å². The number of nitrogens with zero attached hydrogens (tertiary/aromatic N) is 3. The van der Waals surface area contributed by atoms with Gasteiger partial charge < -0.3 is 19.0 Å². The summed E-state index contributed by atoms with van der Waals surface area (Å²) in [6, 6.07) is 16.5. The molecule has 1 aromatic carbocycles. The molecule has 0 spiro atoms. The minimum Gasteiger partial charge on any atom is -0.484 e. The number of pyridine rings is 1. The second kappa shape index (κ2) is 8.35. The number of rotatable bonds is 5. The normalized spacial score (nSPS) is 14.2. The van der Waals surface area contributed by atoms with Crippen molar-refractivity contribution in [3.8, 4) is 5.75 Å².